The summed E-state index contributed by atoms with van der Waals surface area (Å²) in [5, 5.41) is 15.5. The number of carbonyl (C=O) groups is 2. The highest BCUT2D eigenvalue weighted by Crippen LogP contribution is 2.38. The molecule has 1 heterocycles. The van der Waals surface area contributed by atoms with Crippen LogP contribution in [0.1, 0.15) is 17.2 Å². The van der Waals surface area contributed by atoms with Gasteiger partial charge in [-0.2, -0.15) is 0 Å². The predicted octanol–water partition coefficient (Wildman–Crippen LogP) is 1.33. The number of methoxy groups -OCH3 is 1. The fourth-order valence-electron chi connectivity index (χ4n) is 3.00. The lowest BCUT2D eigenvalue weighted by Gasteiger charge is -2.30. The van der Waals surface area contributed by atoms with Crippen LogP contribution in [-0.2, 0) is 19.9 Å². The lowest BCUT2D eigenvalue weighted by molar-refractivity contribution is -0.153. The number of ether oxygens (including phenoxy) is 1. The highest BCUT2D eigenvalue weighted by atomic mass is 16.5. The van der Waals surface area contributed by atoms with Gasteiger partial charge in [0.2, 0.25) is 5.54 Å². The minimum absolute atomic E-state index is 0.280. The molecule has 0 fully saturated rings. The second kappa shape index (κ2) is 6.43. The number of hydrogen-bond acceptors (Lipinski definition) is 5. The van der Waals surface area contributed by atoms with E-state index in [2.05, 4.69) is 10.6 Å². The first-order chi connectivity index (χ1) is 11.6. The Hall–Kier alpha value is -2.70. The van der Waals surface area contributed by atoms with Crippen LogP contribution in [0.3, 0.4) is 0 Å². The number of esters is 1. The van der Waals surface area contributed by atoms with Crippen LogP contribution in [0.5, 0.6) is 0 Å². The molecule has 124 valence electrons. The summed E-state index contributed by atoms with van der Waals surface area (Å²) in [5.74, 6) is -1.25. The Bertz CT molecular complexity index is 753. The summed E-state index contributed by atoms with van der Waals surface area (Å²) in [6.45, 7) is -0.280. The summed E-state index contributed by atoms with van der Waals surface area (Å²) >= 11 is 0. The molecule has 0 spiro atoms. The molecule has 0 aliphatic carbocycles. The normalized spacial score (nSPS) is 20.2. The van der Waals surface area contributed by atoms with E-state index in [1.807, 2.05) is 30.3 Å². The van der Waals surface area contributed by atoms with Gasteiger partial charge in [0.05, 0.1) is 19.8 Å². The number of fused-ring (bicyclic) bond motifs is 1. The summed E-state index contributed by atoms with van der Waals surface area (Å²) < 4.78 is 4.90. The minimum atomic E-state index is -1.70. The van der Waals surface area contributed by atoms with Crippen molar-refractivity contribution in [1.29, 1.82) is 0 Å². The Morgan fingerprint density at radius 1 is 1.21 bits per heavy atom. The van der Waals surface area contributed by atoms with Crippen molar-refractivity contribution in [2.45, 2.75) is 11.6 Å². The molecule has 1 aliphatic rings. The SMILES string of the molecule is COC(=O)[C@@]1(N[C@@H](CO)c2ccccc2)C(=O)Nc2ccccc21. The molecule has 0 unspecified atom stereocenters. The van der Waals surface area contributed by atoms with Crippen LogP contribution in [0.25, 0.3) is 0 Å². The third-order valence-corrected chi connectivity index (χ3v) is 4.19. The van der Waals surface area contributed by atoms with Crippen molar-refractivity contribution in [3.05, 3.63) is 65.7 Å². The molecule has 24 heavy (non-hydrogen) atoms. The topological polar surface area (TPSA) is 87.7 Å². The molecule has 1 aliphatic heterocycles. The van der Waals surface area contributed by atoms with Crippen LogP contribution in [0.15, 0.2) is 54.6 Å². The number of rotatable bonds is 5. The monoisotopic (exact) mass is 326 g/mol. The third-order valence-electron chi connectivity index (χ3n) is 4.19. The number of carbonyl (C=O) groups excluding carboxylic acids is 2. The van der Waals surface area contributed by atoms with Crippen molar-refractivity contribution >= 4 is 17.6 Å². The van der Waals surface area contributed by atoms with Crippen molar-refractivity contribution in [1.82, 2.24) is 5.32 Å². The van der Waals surface area contributed by atoms with Gasteiger partial charge in [0, 0.05) is 11.3 Å². The molecular weight excluding hydrogens is 308 g/mol. The van der Waals surface area contributed by atoms with Gasteiger partial charge in [-0.15, -0.1) is 0 Å². The maximum atomic E-state index is 12.7. The summed E-state index contributed by atoms with van der Waals surface area (Å²) in [6, 6.07) is 15.5. The van der Waals surface area contributed by atoms with Gasteiger partial charge in [0.15, 0.2) is 0 Å². The van der Waals surface area contributed by atoms with Crippen molar-refractivity contribution in [2.75, 3.05) is 19.0 Å². The van der Waals surface area contributed by atoms with Crippen LogP contribution in [0, 0.1) is 0 Å². The number of aliphatic hydroxyl groups is 1. The molecule has 6 heteroatoms. The first kappa shape index (κ1) is 16.2. The summed E-state index contributed by atoms with van der Waals surface area (Å²) in [7, 11) is 1.23. The molecule has 0 saturated heterocycles. The molecule has 1 amide bonds. The molecule has 3 N–H and O–H groups in total. The van der Waals surface area contributed by atoms with Crippen LogP contribution >= 0.6 is 0 Å². The first-order valence-electron chi connectivity index (χ1n) is 7.56. The molecule has 6 nitrogen and oxygen atoms in total. The van der Waals surface area contributed by atoms with E-state index in [1.165, 1.54) is 7.11 Å². The zero-order chi connectivity index (χ0) is 17.2. The summed E-state index contributed by atoms with van der Waals surface area (Å²) in [5.41, 5.74) is 0.0936. The van der Waals surface area contributed by atoms with Gasteiger partial charge in [0.1, 0.15) is 0 Å². The highest BCUT2D eigenvalue weighted by molar-refractivity contribution is 6.18. The van der Waals surface area contributed by atoms with E-state index >= 15 is 0 Å². The van der Waals surface area contributed by atoms with Crippen molar-refractivity contribution < 1.29 is 19.4 Å². The maximum absolute atomic E-state index is 12.7. The number of aliphatic hydroxyl groups excluding tert-OH is 1. The van der Waals surface area contributed by atoms with E-state index in [9.17, 15) is 14.7 Å². The molecule has 3 rings (SSSR count). The van der Waals surface area contributed by atoms with Gasteiger partial charge in [-0.3, -0.25) is 10.1 Å². The van der Waals surface area contributed by atoms with E-state index in [1.54, 1.807) is 24.3 Å². The lowest BCUT2D eigenvalue weighted by atomic mass is 9.89. The summed E-state index contributed by atoms with van der Waals surface area (Å²) in [4.78, 5) is 25.2. The number of hydrogen-bond donors (Lipinski definition) is 3. The number of amides is 1. The van der Waals surface area contributed by atoms with E-state index in [0.717, 1.165) is 5.56 Å². The fraction of sp³-hybridized carbons (Fsp3) is 0.222. The quantitative estimate of drug-likeness (QED) is 0.570. The number of para-hydroxylation sites is 1. The maximum Gasteiger partial charge on any atom is 0.340 e. The van der Waals surface area contributed by atoms with Crippen LogP contribution in [0.2, 0.25) is 0 Å². The van der Waals surface area contributed by atoms with E-state index < -0.39 is 23.5 Å². The number of benzene rings is 2. The average Bonchev–Trinajstić information content (AvgIpc) is 2.92. The molecule has 2 aromatic carbocycles. The Labute approximate surface area is 139 Å². The zero-order valence-electron chi connectivity index (χ0n) is 13.2. The smallest absolute Gasteiger partial charge is 0.340 e. The molecule has 0 radical (unpaired) electrons. The van der Waals surface area contributed by atoms with Gasteiger partial charge in [-0.05, 0) is 11.6 Å². The lowest BCUT2D eigenvalue weighted by Crippen LogP contribution is -2.56. The van der Waals surface area contributed by atoms with E-state index in [-0.39, 0.29) is 6.61 Å². The van der Waals surface area contributed by atoms with Gasteiger partial charge in [0.25, 0.3) is 5.91 Å². The third kappa shape index (κ3) is 2.46. The Kier molecular flexibility index (Phi) is 4.33. The fourth-order valence-corrected chi connectivity index (χ4v) is 3.00. The molecule has 2 atom stereocenters. The summed E-state index contributed by atoms with van der Waals surface area (Å²) in [6.07, 6.45) is 0. The Morgan fingerprint density at radius 3 is 2.54 bits per heavy atom. The standard InChI is InChI=1S/C18H18N2O4/c1-24-17(23)18(13-9-5-6-10-14(13)19-16(18)22)20-15(11-21)12-7-3-2-4-8-12/h2-10,15,20-21H,11H2,1H3,(H,19,22)/t15-,18-/m0/s1. The van der Waals surface area contributed by atoms with Crippen LogP contribution in [0.4, 0.5) is 5.69 Å². The number of anilines is 1. The predicted molar refractivity (Wildman–Crippen MR) is 88.2 cm³/mol. The van der Waals surface area contributed by atoms with Crippen LogP contribution in [-0.4, -0.2) is 30.7 Å². The van der Waals surface area contributed by atoms with E-state index in [0.29, 0.717) is 11.3 Å². The molecule has 0 aromatic heterocycles. The molecular formula is C18H18N2O4. The molecule has 0 bridgehead atoms. The average molecular weight is 326 g/mol. The highest BCUT2D eigenvalue weighted by Gasteiger charge is 2.55. The number of nitrogens with one attached hydrogen (secondary N) is 2. The van der Waals surface area contributed by atoms with E-state index in [4.69, 9.17) is 4.74 Å². The zero-order valence-corrected chi connectivity index (χ0v) is 13.2. The minimum Gasteiger partial charge on any atom is -0.467 e. The van der Waals surface area contributed by atoms with Crippen molar-refractivity contribution in [3.63, 3.8) is 0 Å². The van der Waals surface area contributed by atoms with Gasteiger partial charge in [-0.1, -0.05) is 48.5 Å². The van der Waals surface area contributed by atoms with Crippen molar-refractivity contribution in [3.8, 4) is 0 Å². The Morgan fingerprint density at radius 2 is 1.88 bits per heavy atom. The second-order valence-electron chi connectivity index (χ2n) is 5.53. The molecule has 0 saturated carbocycles. The van der Waals surface area contributed by atoms with Crippen molar-refractivity contribution in [2.24, 2.45) is 0 Å². The largest absolute Gasteiger partial charge is 0.467 e. The Balaban J connectivity index is 2.08. The molecule has 2 aromatic rings. The first-order valence-corrected chi connectivity index (χ1v) is 7.56. The van der Waals surface area contributed by atoms with Gasteiger partial charge in [-0.25, -0.2) is 4.79 Å². The second-order valence-corrected chi connectivity index (χ2v) is 5.53. The van der Waals surface area contributed by atoms with Crippen LogP contribution < -0.4 is 10.6 Å². The van der Waals surface area contributed by atoms with Gasteiger partial charge >= 0.3 is 5.97 Å². The van der Waals surface area contributed by atoms with Gasteiger partial charge < -0.3 is 15.2 Å².